The number of aliphatic hydroxyl groups is 1. The lowest BCUT2D eigenvalue weighted by Gasteiger charge is -2.63. The molecule has 0 spiro atoms. The van der Waals surface area contributed by atoms with Crippen molar-refractivity contribution in [3.63, 3.8) is 0 Å². The van der Waals surface area contributed by atoms with Crippen LogP contribution in [0, 0.1) is 40.4 Å². The van der Waals surface area contributed by atoms with Gasteiger partial charge < -0.3 is 14.6 Å². The molecule has 1 heterocycles. The highest BCUT2D eigenvalue weighted by molar-refractivity contribution is 5.11. The van der Waals surface area contributed by atoms with Gasteiger partial charge in [-0.2, -0.15) is 0 Å². The zero-order valence-electron chi connectivity index (χ0n) is 19.8. The monoisotopic (exact) mass is 418 g/mol. The summed E-state index contributed by atoms with van der Waals surface area (Å²) in [6.45, 7) is 8.88. The summed E-state index contributed by atoms with van der Waals surface area (Å²) in [6, 6.07) is 0. The molecule has 172 valence electrons. The van der Waals surface area contributed by atoms with E-state index in [9.17, 15) is 5.11 Å². The zero-order chi connectivity index (χ0) is 21.0. The van der Waals surface area contributed by atoms with Crippen molar-refractivity contribution in [2.75, 3.05) is 13.2 Å². The van der Waals surface area contributed by atoms with Crippen LogP contribution in [0.1, 0.15) is 104 Å². The van der Waals surface area contributed by atoms with Gasteiger partial charge in [0.25, 0.3) is 0 Å². The summed E-state index contributed by atoms with van der Waals surface area (Å²) in [5, 5.41) is 10.9. The molecule has 30 heavy (non-hydrogen) atoms. The first-order chi connectivity index (χ1) is 14.4. The van der Waals surface area contributed by atoms with Crippen molar-refractivity contribution < 1.29 is 14.6 Å². The van der Waals surface area contributed by atoms with Crippen LogP contribution in [0.5, 0.6) is 0 Å². The molecule has 3 nitrogen and oxygen atoms in total. The SMILES string of the molecule is CCC1CCC2C3CCC4CC(C)(O)CCC4(COC4CCCCO4)C3CCC12C. The van der Waals surface area contributed by atoms with Crippen molar-refractivity contribution >= 4 is 0 Å². The minimum atomic E-state index is -0.480. The van der Waals surface area contributed by atoms with Gasteiger partial charge in [0, 0.05) is 6.61 Å². The lowest BCUT2D eigenvalue weighted by Crippen LogP contribution is -2.58. The molecule has 0 aromatic carbocycles. The first kappa shape index (κ1) is 21.7. The average Bonchev–Trinajstić information content (AvgIpc) is 3.09. The molecule has 1 saturated heterocycles. The molecule has 0 amide bonds. The summed E-state index contributed by atoms with van der Waals surface area (Å²) in [7, 11) is 0. The quantitative estimate of drug-likeness (QED) is 0.580. The highest BCUT2D eigenvalue weighted by Crippen LogP contribution is 2.68. The second kappa shape index (κ2) is 8.03. The van der Waals surface area contributed by atoms with Crippen LogP contribution < -0.4 is 0 Å². The molecule has 1 aliphatic heterocycles. The largest absolute Gasteiger partial charge is 0.390 e. The fourth-order valence-electron chi connectivity index (χ4n) is 9.38. The summed E-state index contributed by atoms with van der Waals surface area (Å²) >= 11 is 0. The normalized spacial score (nSPS) is 53.6. The van der Waals surface area contributed by atoms with Gasteiger partial charge in [-0.1, -0.05) is 20.3 Å². The Kier molecular flexibility index (Phi) is 5.81. The van der Waals surface area contributed by atoms with Gasteiger partial charge in [0.1, 0.15) is 0 Å². The molecule has 9 unspecified atom stereocenters. The number of rotatable bonds is 4. The van der Waals surface area contributed by atoms with E-state index in [2.05, 4.69) is 20.8 Å². The first-order valence-electron chi connectivity index (χ1n) is 13.3. The van der Waals surface area contributed by atoms with E-state index in [1.807, 2.05) is 0 Å². The summed E-state index contributed by atoms with van der Waals surface area (Å²) in [5.74, 6) is 4.17. The second-order valence-electron chi connectivity index (χ2n) is 12.4. The van der Waals surface area contributed by atoms with Crippen LogP contribution in [0.25, 0.3) is 0 Å². The zero-order valence-corrected chi connectivity index (χ0v) is 19.8. The molecule has 4 aliphatic carbocycles. The summed E-state index contributed by atoms with van der Waals surface area (Å²) in [5.41, 5.74) is 0.376. The lowest BCUT2D eigenvalue weighted by atomic mass is 9.43. The van der Waals surface area contributed by atoms with E-state index < -0.39 is 5.60 Å². The van der Waals surface area contributed by atoms with Gasteiger partial charge in [-0.05, 0) is 124 Å². The highest BCUT2D eigenvalue weighted by atomic mass is 16.7. The molecule has 3 heteroatoms. The minimum Gasteiger partial charge on any atom is -0.390 e. The van der Waals surface area contributed by atoms with E-state index >= 15 is 0 Å². The molecule has 0 bridgehead atoms. The molecular weight excluding hydrogens is 372 g/mol. The van der Waals surface area contributed by atoms with Gasteiger partial charge >= 0.3 is 0 Å². The Labute approximate surface area is 184 Å². The molecule has 5 fully saturated rings. The Hall–Kier alpha value is -0.120. The first-order valence-corrected chi connectivity index (χ1v) is 13.3. The molecule has 0 aromatic rings. The maximum Gasteiger partial charge on any atom is 0.157 e. The van der Waals surface area contributed by atoms with Gasteiger partial charge in [-0.25, -0.2) is 0 Å². The van der Waals surface area contributed by atoms with E-state index in [-0.39, 0.29) is 11.7 Å². The van der Waals surface area contributed by atoms with Crippen LogP contribution in [0.3, 0.4) is 0 Å². The van der Waals surface area contributed by atoms with E-state index in [1.165, 1.54) is 57.8 Å². The Morgan fingerprint density at radius 2 is 1.80 bits per heavy atom. The summed E-state index contributed by atoms with van der Waals surface area (Å²) in [4.78, 5) is 0. The van der Waals surface area contributed by atoms with Gasteiger partial charge in [0.2, 0.25) is 0 Å². The number of hydrogen-bond acceptors (Lipinski definition) is 3. The van der Waals surface area contributed by atoms with Crippen LogP contribution in [0.2, 0.25) is 0 Å². The highest BCUT2D eigenvalue weighted by Gasteiger charge is 2.62. The van der Waals surface area contributed by atoms with Crippen LogP contribution >= 0.6 is 0 Å². The lowest BCUT2D eigenvalue weighted by molar-refractivity contribution is -0.226. The maximum absolute atomic E-state index is 10.9. The third kappa shape index (κ3) is 3.50. The molecule has 5 rings (SSSR count). The third-order valence-corrected chi connectivity index (χ3v) is 11.0. The van der Waals surface area contributed by atoms with Crippen molar-refractivity contribution in [2.24, 2.45) is 40.4 Å². The van der Waals surface area contributed by atoms with Gasteiger partial charge in [-0.3, -0.25) is 0 Å². The smallest absolute Gasteiger partial charge is 0.157 e. The Balaban J connectivity index is 1.40. The summed E-state index contributed by atoms with van der Waals surface area (Å²) in [6.07, 6.45) is 16.4. The van der Waals surface area contributed by atoms with Crippen LogP contribution in [0.15, 0.2) is 0 Å². The fourth-order valence-corrected chi connectivity index (χ4v) is 9.38. The fraction of sp³-hybridized carbons (Fsp3) is 1.00. The number of hydrogen-bond donors (Lipinski definition) is 1. The molecule has 1 N–H and O–H groups in total. The molecular formula is C27H46O3. The Bertz CT molecular complexity index is 611. The second-order valence-corrected chi connectivity index (χ2v) is 12.4. The van der Waals surface area contributed by atoms with E-state index in [4.69, 9.17) is 9.47 Å². The van der Waals surface area contributed by atoms with Crippen LogP contribution in [0.4, 0.5) is 0 Å². The summed E-state index contributed by atoms with van der Waals surface area (Å²) < 4.78 is 12.5. The van der Waals surface area contributed by atoms with Crippen molar-refractivity contribution in [3.05, 3.63) is 0 Å². The van der Waals surface area contributed by atoms with Gasteiger partial charge in [-0.15, -0.1) is 0 Å². The number of fused-ring (bicyclic) bond motifs is 5. The Morgan fingerprint density at radius 3 is 2.57 bits per heavy atom. The topological polar surface area (TPSA) is 38.7 Å². The van der Waals surface area contributed by atoms with Crippen molar-refractivity contribution in [1.82, 2.24) is 0 Å². The molecule has 0 aromatic heterocycles. The van der Waals surface area contributed by atoms with Crippen LogP contribution in [-0.2, 0) is 9.47 Å². The number of ether oxygens (including phenoxy) is 2. The standard InChI is InChI=1S/C27H46O3/c1-4-19-9-11-22-21-10-8-20-17-25(2,28)14-15-27(20,23(21)12-13-26(19,22)3)18-30-24-7-5-6-16-29-24/h19-24,28H,4-18H2,1-3H3. The van der Waals surface area contributed by atoms with E-state index in [1.54, 1.807) is 0 Å². The van der Waals surface area contributed by atoms with Crippen LogP contribution in [-0.4, -0.2) is 30.2 Å². The van der Waals surface area contributed by atoms with Crippen molar-refractivity contribution in [1.29, 1.82) is 0 Å². The van der Waals surface area contributed by atoms with E-state index in [0.717, 1.165) is 62.6 Å². The molecule has 5 aliphatic rings. The van der Waals surface area contributed by atoms with Gasteiger partial charge in [0.05, 0.1) is 12.2 Å². The predicted molar refractivity (Wildman–Crippen MR) is 120 cm³/mol. The molecule has 9 atom stereocenters. The van der Waals surface area contributed by atoms with Gasteiger partial charge in [0.15, 0.2) is 6.29 Å². The maximum atomic E-state index is 10.9. The minimum absolute atomic E-state index is 0.0152. The average molecular weight is 419 g/mol. The molecule has 4 saturated carbocycles. The predicted octanol–water partition coefficient (Wildman–Crippen LogP) is 6.33. The Morgan fingerprint density at radius 1 is 0.933 bits per heavy atom. The molecule has 0 radical (unpaired) electrons. The van der Waals surface area contributed by atoms with Crippen molar-refractivity contribution in [2.45, 2.75) is 116 Å². The van der Waals surface area contributed by atoms with E-state index in [0.29, 0.717) is 11.3 Å². The van der Waals surface area contributed by atoms with Crippen molar-refractivity contribution in [3.8, 4) is 0 Å². The third-order valence-electron chi connectivity index (χ3n) is 11.0.